The zero-order chi connectivity index (χ0) is 25.3. The number of aliphatic hydroxyl groups is 2. The average molecular weight is 507 g/mol. The summed E-state index contributed by atoms with van der Waals surface area (Å²) in [6.45, 7) is 6.75. The summed E-state index contributed by atoms with van der Waals surface area (Å²) in [5, 5.41) is 23.8. The first-order valence-corrected chi connectivity index (χ1v) is 14.3. The Hall–Kier alpha value is -2.36. The molecule has 3 aromatic rings. The van der Waals surface area contributed by atoms with Crippen LogP contribution in [0.3, 0.4) is 0 Å². The molecule has 36 heavy (non-hydrogen) atoms. The van der Waals surface area contributed by atoms with E-state index < -0.39 is 45.3 Å². The van der Waals surface area contributed by atoms with Gasteiger partial charge < -0.3 is 28.8 Å². The second-order valence-electron chi connectivity index (χ2n) is 10.5. The van der Waals surface area contributed by atoms with Crippen LogP contribution in [-0.2, 0) is 18.6 Å². The van der Waals surface area contributed by atoms with Gasteiger partial charge in [0.05, 0.1) is 6.61 Å². The van der Waals surface area contributed by atoms with Crippen LogP contribution in [0, 0.1) is 0 Å². The second kappa shape index (κ2) is 10.2. The molecule has 6 nitrogen and oxygen atoms in total. The predicted molar refractivity (Wildman–Crippen MR) is 139 cm³/mol. The topological polar surface area (TPSA) is 77.4 Å². The van der Waals surface area contributed by atoms with Crippen molar-refractivity contribution in [3.8, 4) is 0 Å². The summed E-state index contributed by atoms with van der Waals surface area (Å²) in [6.07, 6.45) is -5.36. The van der Waals surface area contributed by atoms with Crippen molar-refractivity contribution < 1.29 is 28.8 Å². The quantitative estimate of drug-likeness (QED) is 0.518. The molecule has 2 aliphatic heterocycles. The smallest absolute Gasteiger partial charge is 0.261 e. The highest BCUT2D eigenvalue weighted by molar-refractivity contribution is 6.99. The van der Waals surface area contributed by atoms with Gasteiger partial charge in [0.25, 0.3) is 8.32 Å². The largest absolute Gasteiger partial charge is 0.399 e. The Kier molecular flexibility index (Phi) is 7.15. The fourth-order valence-electron chi connectivity index (χ4n) is 5.39. The van der Waals surface area contributed by atoms with Crippen molar-refractivity contribution in [3.63, 3.8) is 0 Å². The Morgan fingerprint density at radius 3 is 1.83 bits per heavy atom. The Bertz CT molecular complexity index is 1080. The fraction of sp³-hybridized carbons (Fsp3) is 0.379. The SMILES string of the molecule is CC(C)(C)[Si](O[C@H]1[C@@H]2OC(c3ccccc3)OC[C@H]2OC(O)[C@@H]1O)(c1ccccc1)c1ccccc1. The first-order chi connectivity index (χ1) is 17.3. The minimum atomic E-state index is -3.03. The molecule has 0 spiro atoms. The number of hydrogen-bond donors (Lipinski definition) is 2. The van der Waals surface area contributed by atoms with Crippen molar-refractivity contribution in [1.29, 1.82) is 0 Å². The van der Waals surface area contributed by atoms with Gasteiger partial charge in [0.1, 0.15) is 24.4 Å². The van der Waals surface area contributed by atoms with Crippen LogP contribution < -0.4 is 10.4 Å². The molecule has 2 fully saturated rings. The van der Waals surface area contributed by atoms with Crippen LogP contribution in [0.4, 0.5) is 0 Å². The Balaban J connectivity index is 1.59. The molecular weight excluding hydrogens is 472 g/mol. The van der Waals surface area contributed by atoms with Gasteiger partial charge >= 0.3 is 0 Å². The van der Waals surface area contributed by atoms with Gasteiger partial charge in [-0.3, -0.25) is 0 Å². The summed E-state index contributed by atoms with van der Waals surface area (Å²) in [5.74, 6) is 0. The van der Waals surface area contributed by atoms with Gasteiger partial charge in [0.15, 0.2) is 12.6 Å². The third-order valence-corrected chi connectivity index (χ3v) is 12.2. The van der Waals surface area contributed by atoms with Gasteiger partial charge in [-0.2, -0.15) is 0 Å². The minimum absolute atomic E-state index is 0.217. The van der Waals surface area contributed by atoms with Gasteiger partial charge in [-0.05, 0) is 15.4 Å². The van der Waals surface area contributed by atoms with E-state index in [0.717, 1.165) is 15.9 Å². The van der Waals surface area contributed by atoms with E-state index in [2.05, 4.69) is 45.0 Å². The molecule has 2 heterocycles. The maximum Gasteiger partial charge on any atom is 0.261 e. The highest BCUT2D eigenvalue weighted by Gasteiger charge is 2.57. The molecule has 0 radical (unpaired) electrons. The van der Waals surface area contributed by atoms with Gasteiger partial charge in [-0.1, -0.05) is 112 Å². The second-order valence-corrected chi connectivity index (χ2v) is 14.7. The molecule has 5 rings (SSSR count). The molecular formula is C29H34O6Si. The first kappa shape index (κ1) is 25.3. The molecule has 0 bridgehead atoms. The normalized spacial score (nSPS) is 28.9. The third-order valence-electron chi connectivity index (χ3n) is 7.13. The van der Waals surface area contributed by atoms with Crippen LogP contribution in [0.2, 0.25) is 5.04 Å². The predicted octanol–water partition coefficient (Wildman–Crippen LogP) is 3.12. The summed E-state index contributed by atoms with van der Waals surface area (Å²) in [4.78, 5) is 0. The summed E-state index contributed by atoms with van der Waals surface area (Å²) < 4.78 is 25.3. The molecule has 2 aliphatic rings. The van der Waals surface area contributed by atoms with Crippen molar-refractivity contribution in [3.05, 3.63) is 96.6 Å². The minimum Gasteiger partial charge on any atom is -0.399 e. The van der Waals surface area contributed by atoms with E-state index >= 15 is 0 Å². The highest BCUT2D eigenvalue weighted by atomic mass is 28.4. The molecule has 0 saturated carbocycles. The molecule has 6 atom stereocenters. The average Bonchev–Trinajstić information content (AvgIpc) is 2.90. The van der Waals surface area contributed by atoms with E-state index in [1.165, 1.54) is 0 Å². The van der Waals surface area contributed by atoms with Gasteiger partial charge in [-0.15, -0.1) is 0 Å². The maximum absolute atomic E-state index is 11.3. The lowest BCUT2D eigenvalue weighted by Gasteiger charge is -2.52. The molecule has 3 aromatic carbocycles. The van der Waals surface area contributed by atoms with E-state index in [4.69, 9.17) is 18.6 Å². The molecule has 0 amide bonds. The van der Waals surface area contributed by atoms with Crippen molar-refractivity contribution in [1.82, 2.24) is 0 Å². The van der Waals surface area contributed by atoms with E-state index in [-0.39, 0.29) is 11.6 Å². The van der Waals surface area contributed by atoms with Crippen LogP contribution in [0.5, 0.6) is 0 Å². The van der Waals surface area contributed by atoms with Gasteiger partial charge in [0, 0.05) is 5.56 Å². The lowest BCUT2D eigenvalue weighted by molar-refractivity contribution is -0.352. The highest BCUT2D eigenvalue weighted by Crippen LogP contribution is 2.41. The van der Waals surface area contributed by atoms with Gasteiger partial charge in [0.2, 0.25) is 0 Å². The monoisotopic (exact) mass is 506 g/mol. The Labute approximate surface area is 213 Å². The number of benzene rings is 3. The summed E-state index contributed by atoms with van der Waals surface area (Å²) >= 11 is 0. The van der Waals surface area contributed by atoms with E-state index in [9.17, 15) is 10.2 Å². The van der Waals surface area contributed by atoms with Crippen LogP contribution in [0.1, 0.15) is 32.6 Å². The molecule has 2 N–H and O–H groups in total. The van der Waals surface area contributed by atoms with Crippen molar-refractivity contribution >= 4 is 18.7 Å². The summed E-state index contributed by atoms with van der Waals surface area (Å²) in [6, 6.07) is 30.1. The number of rotatable bonds is 5. The maximum atomic E-state index is 11.3. The van der Waals surface area contributed by atoms with Crippen LogP contribution >= 0.6 is 0 Å². The Morgan fingerprint density at radius 1 is 0.778 bits per heavy atom. The number of hydrogen-bond acceptors (Lipinski definition) is 6. The van der Waals surface area contributed by atoms with Crippen molar-refractivity contribution in [2.75, 3.05) is 6.61 Å². The first-order valence-electron chi connectivity index (χ1n) is 12.4. The van der Waals surface area contributed by atoms with E-state index in [1.807, 2.05) is 66.7 Å². The van der Waals surface area contributed by atoms with Crippen LogP contribution in [0.15, 0.2) is 91.0 Å². The molecule has 2 unspecified atom stereocenters. The van der Waals surface area contributed by atoms with Crippen LogP contribution in [-0.4, -0.2) is 55.8 Å². The Morgan fingerprint density at radius 2 is 1.31 bits per heavy atom. The van der Waals surface area contributed by atoms with Crippen molar-refractivity contribution in [2.45, 2.75) is 62.8 Å². The van der Waals surface area contributed by atoms with Gasteiger partial charge in [-0.25, -0.2) is 0 Å². The molecule has 0 aliphatic carbocycles. The molecule has 190 valence electrons. The molecule has 0 aromatic heterocycles. The lowest BCUT2D eigenvalue weighted by atomic mass is 9.98. The zero-order valence-corrected chi connectivity index (χ0v) is 21.9. The summed E-state index contributed by atoms with van der Waals surface area (Å²) in [5.41, 5.74) is 0.876. The van der Waals surface area contributed by atoms with E-state index in [1.54, 1.807) is 0 Å². The summed E-state index contributed by atoms with van der Waals surface area (Å²) in [7, 11) is -3.03. The molecule has 7 heteroatoms. The zero-order valence-electron chi connectivity index (χ0n) is 20.9. The van der Waals surface area contributed by atoms with Crippen LogP contribution in [0.25, 0.3) is 0 Å². The third kappa shape index (κ3) is 4.57. The van der Waals surface area contributed by atoms with Crippen molar-refractivity contribution in [2.24, 2.45) is 0 Å². The fourth-order valence-corrected chi connectivity index (χ4v) is 10.1. The lowest BCUT2D eigenvalue weighted by Crippen LogP contribution is -2.72. The molecule has 2 saturated heterocycles. The number of ether oxygens (including phenoxy) is 3. The van der Waals surface area contributed by atoms with E-state index in [0.29, 0.717) is 0 Å². The number of aliphatic hydroxyl groups excluding tert-OH is 2. The standard InChI is InChI=1S/C29H34O6Si/c1-29(2,3)36(21-15-9-5-10-16-21,22-17-11-6-12-18-22)35-26-24(30)27(31)33-23-19-32-28(34-25(23)26)20-13-7-4-8-14-20/h4-18,23-28,30-31H,19H2,1-3H3/t23-,24-,25-,26-,27?,28?/m1/s1. The number of fused-ring (bicyclic) bond motifs is 1.